The molecule has 0 spiro atoms. The first-order valence-corrected chi connectivity index (χ1v) is 7.28. The van der Waals surface area contributed by atoms with Gasteiger partial charge in [-0.15, -0.1) is 0 Å². The Kier molecular flexibility index (Phi) is 4.83. The van der Waals surface area contributed by atoms with Gasteiger partial charge >= 0.3 is 0 Å². The van der Waals surface area contributed by atoms with Gasteiger partial charge in [0.05, 0.1) is 11.7 Å². The van der Waals surface area contributed by atoms with Gasteiger partial charge in [-0.1, -0.05) is 12.8 Å². The molecule has 0 aromatic carbocycles. The fourth-order valence-electron chi connectivity index (χ4n) is 3.38. The second-order valence-corrected chi connectivity index (χ2v) is 5.52. The molecule has 17 heavy (non-hydrogen) atoms. The van der Waals surface area contributed by atoms with E-state index in [1.54, 1.807) is 0 Å². The van der Waals surface area contributed by atoms with Gasteiger partial charge in [0.25, 0.3) is 0 Å². The lowest BCUT2D eigenvalue weighted by atomic mass is 9.88. The zero-order chi connectivity index (χ0) is 12.1. The maximum Gasteiger partial charge on any atom is 0.0832 e. The third-order valence-corrected chi connectivity index (χ3v) is 4.38. The van der Waals surface area contributed by atoms with Crippen LogP contribution in [0.3, 0.4) is 0 Å². The fraction of sp³-hybridized carbons (Fsp3) is 1.00. The molecule has 2 fully saturated rings. The molecular weight excluding hydrogens is 214 g/mol. The summed E-state index contributed by atoms with van der Waals surface area (Å²) in [6.45, 7) is 3.80. The second kappa shape index (κ2) is 6.17. The summed E-state index contributed by atoms with van der Waals surface area (Å²) in [4.78, 5) is 0. The highest BCUT2D eigenvalue weighted by atomic mass is 16.5. The van der Waals surface area contributed by atoms with E-state index in [0.29, 0.717) is 6.10 Å². The van der Waals surface area contributed by atoms with Gasteiger partial charge < -0.3 is 15.2 Å². The highest BCUT2D eigenvalue weighted by Gasteiger charge is 2.40. The highest BCUT2D eigenvalue weighted by molar-refractivity contribution is 4.95. The molecule has 3 heteroatoms. The Balaban J connectivity index is 1.81. The largest absolute Gasteiger partial charge is 0.378 e. The molecule has 0 bridgehead atoms. The smallest absolute Gasteiger partial charge is 0.0832 e. The van der Waals surface area contributed by atoms with Gasteiger partial charge in [-0.3, -0.25) is 0 Å². The molecule has 2 atom stereocenters. The van der Waals surface area contributed by atoms with E-state index in [4.69, 9.17) is 15.2 Å². The van der Waals surface area contributed by atoms with Crippen molar-refractivity contribution in [1.82, 2.24) is 0 Å². The van der Waals surface area contributed by atoms with E-state index in [2.05, 4.69) is 6.92 Å². The van der Waals surface area contributed by atoms with Crippen LogP contribution in [0.5, 0.6) is 0 Å². The lowest BCUT2D eigenvalue weighted by Crippen LogP contribution is -2.48. The predicted molar refractivity (Wildman–Crippen MR) is 69.0 cm³/mol. The minimum absolute atomic E-state index is 0.0205. The van der Waals surface area contributed by atoms with Crippen LogP contribution in [0.4, 0.5) is 0 Å². The van der Waals surface area contributed by atoms with Crippen molar-refractivity contribution in [1.29, 1.82) is 0 Å². The van der Waals surface area contributed by atoms with Crippen LogP contribution in [0.2, 0.25) is 0 Å². The van der Waals surface area contributed by atoms with Crippen LogP contribution >= 0.6 is 0 Å². The first-order valence-electron chi connectivity index (χ1n) is 7.28. The van der Waals surface area contributed by atoms with Crippen LogP contribution < -0.4 is 5.73 Å². The van der Waals surface area contributed by atoms with Crippen LogP contribution in [0.1, 0.15) is 58.3 Å². The van der Waals surface area contributed by atoms with E-state index in [9.17, 15) is 0 Å². The number of hydrogen-bond acceptors (Lipinski definition) is 3. The Bertz CT molecular complexity index is 220. The zero-order valence-corrected chi connectivity index (χ0v) is 11.1. The number of nitrogens with two attached hydrogens (primary N) is 1. The summed E-state index contributed by atoms with van der Waals surface area (Å²) in [7, 11) is 0. The van der Waals surface area contributed by atoms with Crippen LogP contribution in [0.25, 0.3) is 0 Å². The van der Waals surface area contributed by atoms with Crippen molar-refractivity contribution in [2.24, 2.45) is 5.73 Å². The van der Waals surface area contributed by atoms with Gasteiger partial charge in [0.15, 0.2) is 0 Å². The summed E-state index contributed by atoms with van der Waals surface area (Å²) in [6, 6.07) is 0.189. The third-order valence-electron chi connectivity index (χ3n) is 4.38. The Labute approximate surface area is 105 Å². The second-order valence-electron chi connectivity index (χ2n) is 5.52. The Hall–Kier alpha value is -0.120. The highest BCUT2D eigenvalue weighted by Crippen LogP contribution is 2.37. The van der Waals surface area contributed by atoms with Gasteiger partial charge in [0.2, 0.25) is 0 Å². The van der Waals surface area contributed by atoms with Crippen molar-refractivity contribution >= 4 is 0 Å². The van der Waals surface area contributed by atoms with Crippen LogP contribution in [0, 0.1) is 0 Å². The lowest BCUT2D eigenvalue weighted by molar-refractivity contribution is -0.0566. The molecule has 1 heterocycles. The van der Waals surface area contributed by atoms with E-state index in [0.717, 1.165) is 38.9 Å². The van der Waals surface area contributed by atoms with Crippen LogP contribution in [-0.4, -0.2) is 31.0 Å². The van der Waals surface area contributed by atoms with E-state index < -0.39 is 0 Å². The molecular formula is C14H27NO2. The Morgan fingerprint density at radius 3 is 2.71 bits per heavy atom. The molecule has 0 aromatic heterocycles. The SMILES string of the molecule is CCOC1(C(N)CCC2CCCO2)CCCC1. The van der Waals surface area contributed by atoms with Crippen molar-refractivity contribution in [3.8, 4) is 0 Å². The molecule has 2 rings (SSSR count). The number of ether oxygens (including phenoxy) is 2. The van der Waals surface area contributed by atoms with Crippen LogP contribution in [-0.2, 0) is 9.47 Å². The minimum Gasteiger partial charge on any atom is -0.378 e. The molecule has 1 aliphatic heterocycles. The fourth-order valence-corrected chi connectivity index (χ4v) is 3.38. The first kappa shape index (κ1) is 13.3. The third kappa shape index (κ3) is 3.21. The standard InChI is InChI=1S/C14H27NO2/c1-2-17-14(9-3-4-10-14)13(15)8-7-12-6-5-11-16-12/h12-13H,2-11,15H2,1H3. The van der Waals surface area contributed by atoms with Gasteiger partial charge in [-0.25, -0.2) is 0 Å². The normalized spacial score (nSPS) is 29.6. The molecule has 0 aromatic rings. The molecule has 0 amide bonds. The van der Waals surface area contributed by atoms with Gasteiger partial charge in [0.1, 0.15) is 0 Å². The molecule has 1 aliphatic carbocycles. The van der Waals surface area contributed by atoms with E-state index in [1.807, 2.05) is 0 Å². The Morgan fingerprint density at radius 1 is 1.35 bits per heavy atom. The molecule has 2 aliphatic rings. The number of hydrogen-bond donors (Lipinski definition) is 1. The van der Waals surface area contributed by atoms with Crippen molar-refractivity contribution in [2.75, 3.05) is 13.2 Å². The molecule has 2 N–H and O–H groups in total. The van der Waals surface area contributed by atoms with E-state index >= 15 is 0 Å². The van der Waals surface area contributed by atoms with Crippen molar-refractivity contribution in [3.63, 3.8) is 0 Å². The Morgan fingerprint density at radius 2 is 2.12 bits per heavy atom. The van der Waals surface area contributed by atoms with E-state index in [-0.39, 0.29) is 11.6 Å². The van der Waals surface area contributed by atoms with Crippen molar-refractivity contribution < 1.29 is 9.47 Å². The average molecular weight is 241 g/mol. The lowest BCUT2D eigenvalue weighted by Gasteiger charge is -2.35. The zero-order valence-electron chi connectivity index (χ0n) is 11.1. The molecule has 1 saturated carbocycles. The summed E-state index contributed by atoms with van der Waals surface area (Å²) < 4.78 is 11.7. The molecule has 2 unspecified atom stereocenters. The molecule has 1 saturated heterocycles. The molecule has 3 nitrogen and oxygen atoms in total. The molecule has 0 radical (unpaired) electrons. The summed E-state index contributed by atoms with van der Waals surface area (Å²) in [5.41, 5.74) is 6.38. The van der Waals surface area contributed by atoms with Gasteiger partial charge in [-0.2, -0.15) is 0 Å². The van der Waals surface area contributed by atoms with Gasteiger partial charge in [-0.05, 0) is 45.4 Å². The summed E-state index contributed by atoms with van der Waals surface area (Å²) in [5, 5.41) is 0. The van der Waals surface area contributed by atoms with Crippen molar-refractivity contribution in [2.45, 2.75) is 76.0 Å². The number of rotatable bonds is 6. The predicted octanol–water partition coefficient (Wildman–Crippen LogP) is 2.62. The maximum atomic E-state index is 6.40. The van der Waals surface area contributed by atoms with Gasteiger partial charge in [0, 0.05) is 19.3 Å². The topological polar surface area (TPSA) is 44.5 Å². The molecule has 100 valence electrons. The summed E-state index contributed by atoms with van der Waals surface area (Å²) in [5.74, 6) is 0. The van der Waals surface area contributed by atoms with E-state index in [1.165, 1.54) is 25.7 Å². The average Bonchev–Trinajstić information content (AvgIpc) is 2.97. The first-order chi connectivity index (χ1) is 8.27. The summed E-state index contributed by atoms with van der Waals surface area (Å²) >= 11 is 0. The summed E-state index contributed by atoms with van der Waals surface area (Å²) in [6.07, 6.45) is 9.88. The van der Waals surface area contributed by atoms with Crippen LogP contribution in [0.15, 0.2) is 0 Å². The minimum atomic E-state index is -0.0205. The van der Waals surface area contributed by atoms with Crippen molar-refractivity contribution in [3.05, 3.63) is 0 Å². The quantitative estimate of drug-likeness (QED) is 0.777. The maximum absolute atomic E-state index is 6.40. The monoisotopic (exact) mass is 241 g/mol.